The quantitative estimate of drug-likeness (QED) is 0.367. The van der Waals surface area contributed by atoms with Crippen molar-refractivity contribution < 1.29 is 9.31 Å². The van der Waals surface area contributed by atoms with Gasteiger partial charge in [-0.25, -0.2) is 0 Å². The van der Waals surface area contributed by atoms with E-state index in [0.29, 0.717) is 0 Å². The van der Waals surface area contributed by atoms with Crippen molar-refractivity contribution in [2.45, 2.75) is 32.6 Å². The van der Waals surface area contributed by atoms with E-state index in [2.05, 4.69) is 19.1 Å². The Bertz CT molecular complexity index is 184. The van der Waals surface area contributed by atoms with Crippen LogP contribution in [0.3, 0.4) is 0 Å². The van der Waals surface area contributed by atoms with Gasteiger partial charge in [-0.3, -0.25) is 0 Å². The van der Waals surface area contributed by atoms with Crippen molar-refractivity contribution in [3.05, 3.63) is 24.2 Å². The summed E-state index contributed by atoms with van der Waals surface area (Å²) in [4.78, 5) is 0. The minimum absolute atomic E-state index is 0.115. The fourth-order valence-electron chi connectivity index (χ4n) is 1.33. The van der Waals surface area contributed by atoms with Crippen molar-refractivity contribution >= 4 is 7.12 Å². The van der Waals surface area contributed by atoms with Crippen molar-refractivity contribution in [1.82, 2.24) is 0 Å². The van der Waals surface area contributed by atoms with Crippen LogP contribution in [0, 0.1) is 0 Å². The third-order valence-corrected chi connectivity index (χ3v) is 2.14. The number of hydrogen-bond acceptors (Lipinski definition) is 2. The molecule has 14 heavy (non-hydrogen) atoms. The predicted octanol–water partition coefficient (Wildman–Crippen LogP) is 2.75. The van der Waals surface area contributed by atoms with Crippen LogP contribution >= 0.6 is 0 Å². The molecule has 0 atom stereocenters. The van der Waals surface area contributed by atoms with Crippen LogP contribution in [0.15, 0.2) is 24.2 Å². The summed E-state index contributed by atoms with van der Waals surface area (Å²) < 4.78 is 10.5. The molecule has 0 spiro atoms. The Morgan fingerprint density at radius 2 is 1.93 bits per heavy atom. The van der Waals surface area contributed by atoms with Crippen molar-refractivity contribution in [2.24, 2.45) is 0 Å². The van der Waals surface area contributed by atoms with Crippen LogP contribution in [0.1, 0.15) is 32.6 Å². The van der Waals surface area contributed by atoms with Crippen LogP contribution in [0.25, 0.3) is 0 Å². The summed E-state index contributed by atoms with van der Waals surface area (Å²) in [5.41, 5.74) is 0. The summed E-state index contributed by atoms with van der Waals surface area (Å²) in [6, 6.07) is 0. The van der Waals surface area contributed by atoms with E-state index in [1.54, 1.807) is 0 Å². The Labute approximate surface area is 87.1 Å². The lowest BCUT2D eigenvalue weighted by Gasteiger charge is -1.93. The molecular formula is C11H19BO2. The molecule has 78 valence electrons. The zero-order valence-electron chi connectivity index (χ0n) is 8.95. The van der Waals surface area contributed by atoms with Crippen LogP contribution in [0.5, 0.6) is 0 Å². The van der Waals surface area contributed by atoms with E-state index in [0.717, 1.165) is 13.2 Å². The van der Waals surface area contributed by atoms with Crippen LogP contribution in [-0.4, -0.2) is 20.3 Å². The minimum Gasteiger partial charge on any atom is -0.405 e. The predicted molar refractivity (Wildman–Crippen MR) is 60.1 cm³/mol. The SMILES string of the molecule is CCCCC/C=C/C=C/B1OCCO1. The van der Waals surface area contributed by atoms with Gasteiger partial charge in [0.25, 0.3) is 0 Å². The molecule has 0 bridgehead atoms. The second-order valence-electron chi connectivity index (χ2n) is 3.42. The molecule has 1 heterocycles. The number of allylic oxidation sites excluding steroid dienone is 3. The van der Waals surface area contributed by atoms with E-state index < -0.39 is 0 Å². The number of hydrogen-bond donors (Lipinski definition) is 0. The Balaban J connectivity index is 2.00. The monoisotopic (exact) mass is 194 g/mol. The summed E-state index contributed by atoms with van der Waals surface area (Å²) >= 11 is 0. The molecule has 1 fully saturated rings. The average Bonchev–Trinajstić information content (AvgIpc) is 2.69. The van der Waals surface area contributed by atoms with Crippen LogP contribution < -0.4 is 0 Å². The molecule has 1 saturated heterocycles. The summed E-state index contributed by atoms with van der Waals surface area (Å²) in [5, 5.41) is 0. The molecular weight excluding hydrogens is 175 g/mol. The maximum Gasteiger partial charge on any atom is 0.486 e. The fraction of sp³-hybridized carbons (Fsp3) is 0.636. The highest BCUT2D eigenvalue weighted by molar-refractivity contribution is 6.51. The highest BCUT2D eigenvalue weighted by atomic mass is 16.6. The molecule has 0 aromatic carbocycles. The normalized spacial score (nSPS) is 17.6. The first kappa shape index (κ1) is 11.5. The fourth-order valence-corrected chi connectivity index (χ4v) is 1.33. The lowest BCUT2D eigenvalue weighted by Crippen LogP contribution is -2.09. The molecule has 1 rings (SSSR count). The largest absolute Gasteiger partial charge is 0.486 e. The summed E-state index contributed by atoms with van der Waals surface area (Å²) in [5.74, 6) is 1.95. The van der Waals surface area contributed by atoms with Gasteiger partial charge in [0.05, 0.1) is 13.2 Å². The molecule has 2 nitrogen and oxygen atoms in total. The second kappa shape index (κ2) is 7.83. The molecule has 0 aromatic heterocycles. The van der Waals surface area contributed by atoms with E-state index in [-0.39, 0.29) is 7.12 Å². The van der Waals surface area contributed by atoms with Gasteiger partial charge in [-0.15, -0.1) is 0 Å². The average molecular weight is 194 g/mol. The van der Waals surface area contributed by atoms with E-state index in [1.807, 2.05) is 12.1 Å². The van der Waals surface area contributed by atoms with Gasteiger partial charge in [-0.1, -0.05) is 44.0 Å². The highest BCUT2D eigenvalue weighted by Gasteiger charge is 2.18. The molecule has 0 radical (unpaired) electrons. The molecule has 3 heteroatoms. The molecule has 0 aromatic rings. The van der Waals surface area contributed by atoms with Gasteiger partial charge in [0.2, 0.25) is 0 Å². The standard InChI is InChI=1S/C11H19BO2/c1-2-3-4-5-6-7-8-9-12-13-10-11-14-12/h6-9H,2-5,10-11H2,1H3/b7-6+,9-8+. The smallest absolute Gasteiger partial charge is 0.405 e. The van der Waals surface area contributed by atoms with Crippen LogP contribution in [-0.2, 0) is 9.31 Å². The molecule has 0 N–H and O–H groups in total. The van der Waals surface area contributed by atoms with E-state index in [4.69, 9.17) is 9.31 Å². The lowest BCUT2D eigenvalue weighted by molar-refractivity contribution is 0.365. The van der Waals surface area contributed by atoms with E-state index >= 15 is 0 Å². The van der Waals surface area contributed by atoms with Crippen molar-refractivity contribution in [3.63, 3.8) is 0 Å². The third-order valence-electron chi connectivity index (χ3n) is 2.14. The highest BCUT2D eigenvalue weighted by Crippen LogP contribution is 2.01. The molecule has 1 aliphatic rings. The van der Waals surface area contributed by atoms with Crippen molar-refractivity contribution in [1.29, 1.82) is 0 Å². The van der Waals surface area contributed by atoms with Gasteiger partial charge in [0, 0.05) is 0 Å². The Morgan fingerprint density at radius 3 is 2.64 bits per heavy atom. The second-order valence-corrected chi connectivity index (χ2v) is 3.42. The van der Waals surface area contributed by atoms with Gasteiger partial charge in [-0.2, -0.15) is 0 Å². The molecule has 1 aliphatic heterocycles. The minimum atomic E-state index is -0.115. The topological polar surface area (TPSA) is 18.5 Å². The molecule has 0 saturated carbocycles. The summed E-state index contributed by atoms with van der Waals surface area (Å²) in [6.45, 7) is 3.66. The summed E-state index contributed by atoms with van der Waals surface area (Å²) in [7, 11) is -0.115. The van der Waals surface area contributed by atoms with Gasteiger partial charge in [0.1, 0.15) is 0 Å². The Hall–Kier alpha value is -0.535. The summed E-state index contributed by atoms with van der Waals surface area (Å²) in [6.07, 6.45) is 11.3. The Morgan fingerprint density at radius 1 is 1.14 bits per heavy atom. The maximum atomic E-state index is 5.26. The van der Waals surface area contributed by atoms with Crippen LogP contribution in [0.4, 0.5) is 0 Å². The molecule has 0 aliphatic carbocycles. The van der Waals surface area contributed by atoms with Gasteiger partial charge in [0.15, 0.2) is 0 Å². The zero-order chi connectivity index (χ0) is 10.1. The maximum absolute atomic E-state index is 5.26. The molecule has 0 unspecified atom stereocenters. The van der Waals surface area contributed by atoms with Gasteiger partial charge >= 0.3 is 7.12 Å². The first-order valence-electron chi connectivity index (χ1n) is 5.50. The number of rotatable bonds is 6. The Kier molecular flexibility index (Phi) is 6.45. The molecule has 0 amide bonds. The zero-order valence-corrected chi connectivity index (χ0v) is 8.95. The van der Waals surface area contributed by atoms with Crippen molar-refractivity contribution in [3.8, 4) is 0 Å². The lowest BCUT2D eigenvalue weighted by atomic mass is 9.90. The first-order valence-corrected chi connectivity index (χ1v) is 5.50. The number of unbranched alkanes of at least 4 members (excludes halogenated alkanes) is 3. The van der Waals surface area contributed by atoms with E-state index in [1.165, 1.54) is 25.7 Å². The van der Waals surface area contributed by atoms with Crippen LogP contribution in [0.2, 0.25) is 0 Å². The van der Waals surface area contributed by atoms with E-state index in [9.17, 15) is 0 Å². The van der Waals surface area contributed by atoms with Gasteiger partial charge in [-0.05, 0) is 12.8 Å². The first-order chi connectivity index (χ1) is 6.93. The third kappa shape index (κ3) is 5.25. The van der Waals surface area contributed by atoms with Gasteiger partial charge < -0.3 is 9.31 Å². The van der Waals surface area contributed by atoms with Crippen molar-refractivity contribution in [2.75, 3.05) is 13.2 Å².